The standard InChI is InChI=1S/C18H14BrNO2S2/c1-22-15-8-4-13(5-9-15)11-20-17(21)16(24-18(20)23)10-12-2-6-14(19)7-3-12/h2-10H,11H2,1H3. The van der Waals surface area contributed by atoms with Crippen molar-refractivity contribution in [2.45, 2.75) is 6.54 Å². The molecule has 0 bridgehead atoms. The Labute approximate surface area is 158 Å². The minimum atomic E-state index is -0.0521. The molecule has 0 unspecified atom stereocenters. The first-order chi connectivity index (χ1) is 11.6. The number of carbonyl (C=O) groups is 1. The van der Waals surface area contributed by atoms with E-state index in [2.05, 4.69) is 15.9 Å². The molecule has 1 fully saturated rings. The first-order valence-electron chi connectivity index (χ1n) is 7.20. The molecule has 1 aliphatic heterocycles. The van der Waals surface area contributed by atoms with E-state index in [1.54, 1.807) is 12.0 Å². The van der Waals surface area contributed by atoms with Crippen molar-refractivity contribution >= 4 is 56.2 Å². The Bertz CT molecular complexity index is 801. The summed E-state index contributed by atoms with van der Waals surface area (Å²) in [5.41, 5.74) is 1.99. The van der Waals surface area contributed by atoms with Crippen LogP contribution in [-0.4, -0.2) is 22.2 Å². The summed E-state index contributed by atoms with van der Waals surface area (Å²) in [4.78, 5) is 14.9. The van der Waals surface area contributed by atoms with Gasteiger partial charge in [0.2, 0.25) is 0 Å². The Hall–Kier alpha value is -1.63. The SMILES string of the molecule is COc1ccc(CN2C(=O)C(=Cc3ccc(Br)cc3)SC2=S)cc1. The highest BCUT2D eigenvalue weighted by Gasteiger charge is 2.31. The van der Waals surface area contributed by atoms with E-state index < -0.39 is 0 Å². The van der Waals surface area contributed by atoms with Crippen molar-refractivity contribution in [3.63, 3.8) is 0 Å². The van der Waals surface area contributed by atoms with Gasteiger partial charge in [-0.25, -0.2) is 0 Å². The summed E-state index contributed by atoms with van der Waals surface area (Å²) < 4.78 is 6.74. The highest BCUT2D eigenvalue weighted by molar-refractivity contribution is 9.10. The average molecular weight is 420 g/mol. The first-order valence-corrected chi connectivity index (χ1v) is 9.22. The third-order valence-electron chi connectivity index (χ3n) is 3.54. The largest absolute Gasteiger partial charge is 0.497 e. The summed E-state index contributed by atoms with van der Waals surface area (Å²) in [6.07, 6.45) is 1.87. The molecule has 24 heavy (non-hydrogen) atoms. The Morgan fingerprint density at radius 3 is 2.46 bits per heavy atom. The maximum Gasteiger partial charge on any atom is 0.266 e. The molecule has 0 radical (unpaired) electrons. The topological polar surface area (TPSA) is 29.5 Å². The maximum atomic E-state index is 12.6. The molecule has 0 atom stereocenters. The lowest BCUT2D eigenvalue weighted by Crippen LogP contribution is -2.27. The van der Waals surface area contributed by atoms with Crippen molar-refractivity contribution in [3.05, 3.63) is 69.0 Å². The van der Waals surface area contributed by atoms with Gasteiger partial charge < -0.3 is 4.74 Å². The number of nitrogens with zero attached hydrogens (tertiary/aromatic N) is 1. The molecule has 0 spiro atoms. The van der Waals surface area contributed by atoms with Gasteiger partial charge in [0.1, 0.15) is 10.1 Å². The van der Waals surface area contributed by atoms with Crippen LogP contribution in [0.2, 0.25) is 0 Å². The highest BCUT2D eigenvalue weighted by atomic mass is 79.9. The zero-order valence-corrected chi connectivity index (χ0v) is 16.1. The molecule has 3 rings (SSSR count). The molecule has 3 nitrogen and oxygen atoms in total. The van der Waals surface area contributed by atoms with Crippen molar-refractivity contribution < 1.29 is 9.53 Å². The second kappa shape index (κ2) is 7.51. The van der Waals surface area contributed by atoms with E-state index in [9.17, 15) is 4.79 Å². The predicted molar refractivity (Wildman–Crippen MR) is 106 cm³/mol. The van der Waals surface area contributed by atoms with Crippen LogP contribution in [0.15, 0.2) is 57.9 Å². The normalized spacial score (nSPS) is 16.1. The molecule has 122 valence electrons. The second-order valence-corrected chi connectivity index (χ2v) is 7.76. The first kappa shape index (κ1) is 17.2. The van der Waals surface area contributed by atoms with Crippen molar-refractivity contribution in [3.8, 4) is 5.75 Å². The minimum absolute atomic E-state index is 0.0521. The summed E-state index contributed by atoms with van der Waals surface area (Å²) in [5.74, 6) is 0.739. The van der Waals surface area contributed by atoms with Gasteiger partial charge in [-0.1, -0.05) is 64.2 Å². The van der Waals surface area contributed by atoms with Gasteiger partial charge in [-0.15, -0.1) is 0 Å². The summed E-state index contributed by atoms with van der Waals surface area (Å²) in [6.45, 7) is 0.465. The Kier molecular flexibility index (Phi) is 5.38. The number of benzene rings is 2. The molecule has 1 saturated heterocycles. The van der Waals surface area contributed by atoms with Gasteiger partial charge in [0.05, 0.1) is 18.6 Å². The zero-order chi connectivity index (χ0) is 17.1. The molecular formula is C18H14BrNO2S2. The number of methoxy groups -OCH3 is 1. The van der Waals surface area contributed by atoms with Gasteiger partial charge >= 0.3 is 0 Å². The highest BCUT2D eigenvalue weighted by Crippen LogP contribution is 2.33. The van der Waals surface area contributed by atoms with Crippen LogP contribution in [0.3, 0.4) is 0 Å². The smallest absolute Gasteiger partial charge is 0.266 e. The van der Waals surface area contributed by atoms with E-state index in [0.29, 0.717) is 15.8 Å². The van der Waals surface area contributed by atoms with Gasteiger partial charge in [-0.3, -0.25) is 9.69 Å². The number of thiocarbonyl (C=S) groups is 1. The lowest BCUT2D eigenvalue weighted by molar-refractivity contribution is -0.122. The minimum Gasteiger partial charge on any atom is -0.497 e. The number of carbonyl (C=O) groups excluding carboxylic acids is 1. The molecular weight excluding hydrogens is 406 g/mol. The third kappa shape index (κ3) is 3.88. The molecule has 1 aliphatic rings. The lowest BCUT2D eigenvalue weighted by atomic mass is 10.2. The summed E-state index contributed by atoms with van der Waals surface area (Å²) >= 11 is 10.1. The number of hydrogen-bond acceptors (Lipinski definition) is 4. The monoisotopic (exact) mass is 419 g/mol. The quantitative estimate of drug-likeness (QED) is 0.522. The van der Waals surface area contributed by atoms with E-state index in [0.717, 1.165) is 21.3 Å². The van der Waals surface area contributed by atoms with Gasteiger partial charge in [-0.2, -0.15) is 0 Å². The van der Waals surface area contributed by atoms with Gasteiger partial charge in [-0.05, 0) is 41.5 Å². The molecule has 0 N–H and O–H groups in total. The molecule has 0 saturated carbocycles. The zero-order valence-electron chi connectivity index (χ0n) is 12.9. The molecule has 1 amide bonds. The van der Waals surface area contributed by atoms with Gasteiger partial charge in [0.15, 0.2) is 0 Å². The lowest BCUT2D eigenvalue weighted by Gasteiger charge is -2.14. The molecule has 0 aromatic heterocycles. The Morgan fingerprint density at radius 2 is 1.83 bits per heavy atom. The fraction of sp³-hybridized carbons (Fsp3) is 0.111. The van der Waals surface area contributed by atoms with Crippen LogP contribution in [-0.2, 0) is 11.3 Å². The van der Waals surface area contributed by atoms with Crippen LogP contribution in [0.5, 0.6) is 5.75 Å². The van der Waals surface area contributed by atoms with Crippen LogP contribution in [0, 0.1) is 0 Å². The Balaban J connectivity index is 1.77. The summed E-state index contributed by atoms with van der Waals surface area (Å²) in [7, 11) is 1.63. The fourth-order valence-corrected chi connectivity index (χ4v) is 3.78. The van der Waals surface area contributed by atoms with E-state index in [-0.39, 0.29) is 5.91 Å². The molecule has 2 aromatic carbocycles. The summed E-state index contributed by atoms with van der Waals surface area (Å²) in [6, 6.07) is 15.5. The molecule has 1 heterocycles. The van der Waals surface area contributed by atoms with Crippen molar-refractivity contribution in [1.29, 1.82) is 0 Å². The summed E-state index contributed by atoms with van der Waals surface area (Å²) in [5, 5.41) is 0. The van der Waals surface area contributed by atoms with E-state index in [1.807, 2.05) is 54.6 Å². The van der Waals surface area contributed by atoms with E-state index >= 15 is 0 Å². The molecule has 0 aliphatic carbocycles. The predicted octanol–water partition coefficient (Wildman–Crippen LogP) is 4.86. The molecule has 6 heteroatoms. The maximum absolute atomic E-state index is 12.6. The number of thioether (sulfide) groups is 1. The number of amides is 1. The van der Waals surface area contributed by atoms with Crippen LogP contribution in [0.4, 0.5) is 0 Å². The van der Waals surface area contributed by atoms with Crippen LogP contribution >= 0.6 is 39.9 Å². The van der Waals surface area contributed by atoms with Crippen molar-refractivity contribution in [1.82, 2.24) is 4.90 Å². The number of rotatable bonds is 4. The average Bonchev–Trinajstić information content (AvgIpc) is 2.85. The van der Waals surface area contributed by atoms with Crippen LogP contribution in [0.25, 0.3) is 6.08 Å². The van der Waals surface area contributed by atoms with E-state index in [4.69, 9.17) is 17.0 Å². The van der Waals surface area contributed by atoms with Gasteiger partial charge in [0, 0.05) is 4.47 Å². The third-order valence-corrected chi connectivity index (χ3v) is 5.45. The number of hydrogen-bond donors (Lipinski definition) is 0. The van der Waals surface area contributed by atoms with Crippen LogP contribution in [0.1, 0.15) is 11.1 Å². The van der Waals surface area contributed by atoms with E-state index in [1.165, 1.54) is 11.8 Å². The number of halogens is 1. The van der Waals surface area contributed by atoms with Crippen LogP contribution < -0.4 is 4.74 Å². The number of ether oxygens (including phenoxy) is 1. The van der Waals surface area contributed by atoms with Gasteiger partial charge in [0.25, 0.3) is 5.91 Å². The molecule has 2 aromatic rings. The second-order valence-electron chi connectivity index (χ2n) is 5.17. The fourth-order valence-electron chi connectivity index (χ4n) is 2.26. The van der Waals surface area contributed by atoms with Crippen molar-refractivity contribution in [2.24, 2.45) is 0 Å². The van der Waals surface area contributed by atoms with Crippen molar-refractivity contribution in [2.75, 3.05) is 7.11 Å². The Morgan fingerprint density at radius 1 is 1.17 bits per heavy atom.